The lowest BCUT2D eigenvalue weighted by molar-refractivity contribution is -0.137. The molecule has 2 aromatic carbocycles. The Morgan fingerprint density at radius 2 is 1.62 bits per heavy atom. The molecule has 0 saturated heterocycles. The number of amides is 2. The zero-order valence-corrected chi connectivity index (χ0v) is 12.7. The molecule has 0 aliphatic rings. The first kappa shape index (κ1) is 17.8. The molecule has 0 aliphatic carbocycles. The van der Waals surface area contributed by atoms with E-state index in [1.807, 2.05) is 0 Å². The quantitative estimate of drug-likeness (QED) is 0.797. The monoisotopic (exact) mass is 340 g/mol. The van der Waals surface area contributed by atoms with E-state index in [-0.39, 0.29) is 18.9 Å². The van der Waals surface area contributed by atoms with Gasteiger partial charge in [0.05, 0.1) is 5.56 Å². The van der Waals surface area contributed by atoms with Gasteiger partial charge in [-0.25, -0.2) is 9.18 Å². The van der Waals surface area contributed by atoms with Gasteiger partial charge in [-0.3, -0.25) is 0 Å². The molecule has 3 nitrogen and oxygen atoms in total. The van der Waals surface area contributed by atoms with Gasteiger partial charge in [-0.2, -0.15) is 13.2 Å². The van der Waals surface area contributed by atoms with Gasteiger partial charge in [0.2, 0.25) is 0 Å². The van der Waals surface area contributed by atoms with Crippen LogP contribution in [0.25, 0.3) is 0 Å². The normalized spacial score (nSPS) is 11.2. The third-order valence-corrected chi connectivity index (χ3v) is 3.37. The summed E-state index contributed by atoms with van der Waals surface area (Å²) in [4.78, 5) is 11.6. The van der Waals surface area contributed by atoms with Crippen molar-refractivity contribution in [3.8, 4) is 0 Å². The summed E-state index contributed by atoms with van der Waals surface area (Å²) in [5.41, 5.74) is 0.313. The lowest BCUT2D eigenvalue weighted by Gasteiger charge is -2.10. The predicted molar refractivity (Wildman–Crippen MR) is 81.8 cm³/mol. The van der Waals surface area contributed by atoms with Gasteiger partial charge in [0, 0.05) is 13.1 Å². The van der Waals surface area contributed by atoms with Gasteiger partial charge >= 0.3 is 12.2 Å². The average molecular weight is 340 g/mol. The highest BCUT2D eigenvalue weighted by molar-refractivity contribution is 5.73. The number of rotatable bonds is 5. The predicted octanol–water partition coefficient (Wildman–Crippen LogP) is 3.89. The van der Waals surface area contributed by atoms with Crippen LogP contribution >= 0.6 is 0 Å². The highest BCUT2D eigenvalue weighted by Crippen LogP contribution is 2.28. The van der Waals surface area contributed by atoms with Gasteiger partial charge in [0.25, 0.3) is 0 Å². The van der Waals surface area contributed by atoms with Crippen molar-refractivity contribution in [3.63, 3.8) is 0 Å². The van der Waals surface area contributed by atoms with Crippen molar-refractivity contribution in [1.29, 1.82) is 0 Å². The van der Waals surface area contributed by atoms with Crippen LogP contribution in [0.3, 0.4) is 0 Å². The molecule has 0 atom stereocenters. The van der Waals surface area contributed by atoms with E-state index in [1.54, 1.807) is 18.2 Å². The second-order valence-electron chi connectivity index (χ2n) is 5.15. The first-order chi connectivity index (χ1) is 11.4. The molecule has 2 rings (SSSR count). The highest BCUT2D eigenvalue weighted by atomic mass is 19.4. The Hall–Kier alpha value is -2.57. The molecule has 24 heavy (non-hydrogen) atoms. The van der Waals surface area contributed by atoms with E-state index in [1.165, 1.54) is 18.2 Å². The molecule has 0 heterocycles. The number of benzene rings is 2. The number of alkyl halides is 3. The maximum atomic E-state index is 13.4. The molecule has 0 bridgehead atoms. The van der Waals surface area contributed by atoms with Crippen molar-refractivity contribution in [3.05, 3.63) is 71.0 Å². The molecule has 2 N–H and O–H groups in total. The van der Waals surface area contributed by atoms with Crippen molar-refractivity contribution in [2.24, 2.45) is 0 Å². The summed E-state index contributed by atoms with van der Waals surface area (Å²) in [6.07, 6.45) is -4.03. The van der Waals surface area contributed by atoms with Gasteiger partial charge in [-0.1, -0.05) is 30.3 Å². The summed E-state index contributed by atoms with van der Waals surface area (Å²) >= 11 is 0. The molecule has 2 amide bonds. The van der Waals surface area contributed by atoms with Crippen LogP contribution in [0.5, 0.6) is 0 Å². The maximum absolute atomic E-state index is 13.4. The van der Waals surface area contributed by atoms with Crippen molar-refractivity contribution >= 4 is 6.03 Å². The van der Waals surface area contributed by atoms with Crippen molar-refractivity contribution in [2.75, 3.05) is 6.54 Å². The summed E-state index contributed by atoms with van der Waals surface area (Å²) in [7, 11) is 0. The average Bonchev–Trinajstić information content (AvgIpc) is 2.54. The van der Waals surface area contributed by atoms with Gasteiger partial charge in [0.15, 0.2) is 0 Å². The molecule has 0 unspecified atom stereocenters. The number of carbonyl (C=O) groups excluding carboxylic acids is 1. The van der Waals surface area contributed by atoms with Crippen LogP contribution < -0.4 is 10.6 Å². The summed E-state index contributed by atoms with van der Waals surface area (Å²) in [6, 6.07) is 10.4. The Morgan fingerprint density at radius 1 is 0.958 bits per heavy atom. The number of nitrogens with one attached hydrogen (secondary N) is 2. The summed E-state index contributed by atoms with van der Waals surface area (Å²) in [5.74, 6) is -0.329. The van der Waals surface area contributed by atoms with E-state index in [2.05, 4.69) is 10.6 Å². The van der Waals surface area contributed by atoms with Crippen LogP contribution in [0.1, 0.15) is 16.7 Å². The zero-order valence-electron chi connectivity index (χ0n) is 12.7. The lowest BCUT2D eigenvalue weighted by Crippen LogP contribution is -2.36. The molecule has 7 heteroatoms. The summed E-state index contributed by atoms with van der Waals surface area (Å²) in [6.45, 7) is 0.351. The second kappa shape index (κ2) is 7.81. The fourth-order valence-corrected chi connectivity index (χ4v) is 2.07. The van der Waals surface area contributed by atoms with Gasteiger partial charge in [-0.05, 0) is 35.7 Å². The van der Waals surface area contributed by atoms with E-state index in [0.717, 1.165) is 12.1 Å². The Bertz CT molecular complexity index is 684. The minimum atomic E-state index is -4.38. The molecule has 0 saturated carbocycles. The van der Waals surface area contributed by atoms with Crippen molar-refractivity contribution in [2.45, 2.75) is 19.1 Å². The fourth-order valence-electron chi connectivity index (χ4n) is 2.07. The van der Waals surface area contributed by atoms with E-state index >= 15 is 0 Å². The maximum Gasteiger partial charge on any atom is 0.416 e. The number of urea groups is 1. The SMILES string of the molecule is O=C(NCCc1ccccc1F)NCc1ccc(C(F)(F)F)cc1. The third-order valence-electron chi connectivity index (χ3n) is 3.37. The number of hydrogen-bond acceptors (Lipinski definition) is 1. The number of carbonyl (C=O) groups is 1. The topological polar surface area (TPSA) is 41.1 Å². The van der Waals surface area contributed by atoms with Crippen molar-refractivity contribution in [1.82, 2.24) is 10.6 Å². The van der Waals surface area contributed by atoms with Crippen molar-refractivity contribution < 1.29 is 22.4 Å². The Labute approximate surface area is 136 Å². The minimum Gasteiger partial charge on any atom is -0.338 e. The molecular formula is C17H16F4N2O. The van der Waals surface area contributed by atoms with Crippen LogP contribution in [0, 0.1) is 5.82 Å². The summed E-state index contributed by atoms with van der Waals surface area (Å²) in [5, 5.41) is 5.10. The van der Waals surface area contributed by atoms with E-state index < -0.39 is 17.8 Å². The lowest BCUT2D eigenvalue weighted by atomic mass is 10.1. The molecule has 0 aliphatic heterocycles. The number of halogens is 4. The van der Waals surface area contributed by atoms with E-state index in [4.69, 9.17) is 0 Å². The zero-order chi connectivity index (χ0) is 17.6. The Morgan fingerprint density at radius 3 is 2.25 bits per heavy atom. The first-order valence-corrected chi connectivity index (χ1v) is 7.27. The van der Waals surface area contributed by atoms with Gasteiger partial charge in [0.1, 0.15) is 5.82 Å². The standard InChI is InChI=1S/C17H16F4N2O/c18-15-4-2-1-3-13(15)9-10-22-16(24)23-11-12-5-7-14(8-6-12)17(19,20)21/h1-8H,9-11H2,(H2,22,23,24). The third kappa shape index (κ3) is 5.26. The Balaban J connectivity index is 1.74. The molecular weight excluding hydrogens is 324 g/mol. The van der Waals surface area contributed by atoms with E-state index in [9.17, 15) is 22.4 Å². The van der Waals surface area contributed by atoms with Crippen LogP contribution in [0.15, 0.2) is 48.5 Å². The van der Waals surface area contributed by atoms with E-state index in [0.29, 0.717) is 17.5 Å². The molecule has 0 aromatic heterocycles. The summed E-state index contributed by atoms with van der Waals surface area (Å²) < 4.78 is 50.7. The Kier molecular flexibility index (Phi) is 5.78. The van der Waals surface area contributed by atoms with Gasteiger partial charge < -0.3 is 10.6 Å². The van der Waals surface area contributed by atoms with Crippen LogP contribution in [-0.2, 0) is 19.1 Å². The highest BCUT2D eigenvalue weighted by Gasteiger charge is 2.29. The second-order valence-corrected chi connectivity index (χ2v) is 5.15. The molecule has 0 radical (unpaired) electrons. The van der Waals surface area contributed by atoms with Gasteiger partial charge in [-0.15, -0.1) is 0 Å². The minimum absolute atomic E-state index is 0.101. The largest absolute Gasteiger partial charge is 0.416 e. The van der Waals surface area contributed by atoms with Crippen LogP contribution in [-0.4, -0.2) is 12.6 Å². The smallest absolute Gasteiger partial charge is 0.338 e. The number of hydrogen-bond donors (Lipinski definition) is 2. The van der Waals surface area contributed by atoms with Crippen LogP contribution in [0.2, 0.25) is 0 Å². The van der Waals surface area contributed by atoms with Crippen LogP contribution in [0.4, 0.5) is 22.4 Å². The molecule has 2 aromatic rings. The first-order valence-electron chi connectivity index (χ1n) is 7.27. The molecule has 128 valence electrons. The molecule has 0 fully saturated rings. The molecule has 0 spiro atoms. The fraction of sp³-hybridized carbons (Fsp3) is 0.235.